The van der Waals surface area contributed by atoms with Crippen LogP contribution in [0.3, 0.4) is 0 Å². The number of H-pyrrole nitrogens is 5. The Morgan fingerprint density at radius 2 is 0.400 bits per heavy atom. The standard InChI is InChI=1S/C30H20N10O10/c41-21-11-1-31-6-16(21)37-27(47)13-3-33-8-18(23(13)43)39-29(49)15-5-35-10-20(25(15)45)40-30(50)14-4-34-9-19(24(14)44)38-28(48)12-2-32-7-17(22(12)42)36-26(11)46/h1-10H,(H,31,41)(H,32,42)(H,33,43)(H,34,44)(H,35,45)(H,36,46)(H,37,47)(H,38,48)(H,39,49)(H,40,50). The number of fused-ring (bicyclic) bond motifs is 10. The molecule has 0 spiro atoms. The van der Waals surface area contributed by atoms with Gasteiger partial charge in [-0.3, -0.25) is 47.9 Å². The Morgan fingerprint density at radius 1 is 0.240 bits per heavy atom. The third kappa shape index (κ3) is 5.88. The molecule has 6 rings (SSSR count). The zero-order valence-corrected chi connectivity index (χ0v) is 24.9. The largest absolute Gasteiger partial charge is 0.365 e. The van der Waals surface area contributed by atoms with Gasteiger partial charge in [0.25, 0.3) is 29.5 Å². The molecule has 5 aromatic rings. The van der Waals surface area contributed by atoms with E-state index in [-0.39, 0.29) is 0 Å². The van der Waals surface area contributed by atoms with Crippen molar-refractivity contribution >= 4 is 58.0 Å². The fraction of sp³-hybridized carbons (Fsp3) is 0. The van der Waals surface area contributed by atoms with E-state index in [1.165, 1.54) is 0 Å². The zero-order valence-electron chi connectivity index (χ0n) is 24.9. The minimum Gasteiger partial charge on any atom is -0.365 e. The molecule has 0 saturated heterocycles. The number of aromatic nitrogens is 5. The first-order chi connectivity index (χ1) is 23.9. The van der Waals surface area contributed by atoms with Gasteiger partial charge in [-0.25, -0.2) is 0 Å². The number of hydrogen-bond acceptors (Lipinski definition) is 10. The van der Waals surface area contributed by atoms with Crippen molar-refractivity contribution in [3.63, 3.8) is 0 Å². The number of carbonyl (C=O) groups excluding carboxylic acids is 5. The van der Waals surface area contributed by atoms with Crippen LogP contribution in [-0.2, 0) is 0 Å². The summed E-state index contributed by atoms with van der Waals surface area (Å²) in [6.45, 7) is 0. The lowest BCUT2D eigenvalue weighted by atomic mass is 10.2. The second-order valence-corrected chi connectivity index (χ2v) is 10.3. The molecule has 0 fully saturated rings. The van der Waals surface area contributed by atoms with Crippen molar-refractivity contribution < 1.29 is 24.0 Å². The Balaban J connectivity index is 1.47. The first-order valence-corrected chi connectivity index (χ1v) is 14.1. The van der Waals surface area contributed by atoms with Crippen molar-refractivity contribution in [2.45, 2.75) is 0 Å². The van der Waals surface area contributed by atoms with E-state index in [9.17, 15) is 47.9 Å². The summed E-state index contributed by atoms with van der Waals surface area (Å²) in [7, 11) is 0. The molecule has 10 N–H and O–H groups in total. The molecule has 20 nitrogen and oxygen atoms in total. The van der Waals surface area contributed by atoms with Gasteiger partial charge in [-0.1, -0.05) is 0 Å². The summed E-state index contributed by atoms with van der Waals surface area (Å²) < 4.78 is 0. The number of rotatable bonds is 0. The highest BCUT2D eigenvalue weighted by molar-refractivity contribution is 6.10. The highest BCUT2D eigenvalue weighted by atomic mass is 16.2. The van der Waals surface area contributed by atoms with E-state index in [2.05, 4.69) is 51.5 Å². The summed E-state index contributed by atoms with van der Waals surface area (Å²) in [5.41, 5.74) is -10.6. The van der Waals surface area contributed by atoms with Gasteiger partial charge in [0.05, 0.1) is 0 Å². The molecule has 0 aromatic carbocycles. The lowest BCUT2D eigenvalue weighted by Gasteiger charge is -2.09. The topological polar surface area (TPSA) is 310 Å². The van der Waals surface area contributed by atoms with Crippen LogP contribution in [0.1, 0.15) is 51.8 Å². The summed E-state index contributed by atoms with van der Waals surface area (Å²) in [6.07, 6.45) is 9.98. The normalized spacial score (nSPS) is 13.4. The molecule has 1 aliphatic heterocycles. The van der Waals surface area contributed by atoms with Crippen molar-refractivity contribution in [1.29, 1.82) is 0 Å². The van der Waals surface area contributed by atoms with E-state index in [0.717, 1.165) is 62.0 Å². The molecule has 0 unspecified atom stereocenters. The second kappa shape index (κ2) is 12.7. The number of pyridine rings is 5. The molecular weight excluding hydrogens is 660 g/mol. The summed E-state index contributed by atoms with van der Waals surface area (Å²) in [6, 6.07) is 0. The minimum absolute atomic E-state index is 0.484. The number of anilines is 5. The van der Waals surface area contributed by atoms with Gasteiger partial charge in [0.15, 0.2) is 0 Å². The number of aromatic amines is 5. The molecule has 5 aromatic heterocycles. The third-order valence-electron chi connectivity index (χ3n) is 7.19. The van der Waals surface area contributed by atoms with E-state index >= 15 is 0 Å². The van der Waals surface area contributed by atoms with Crippen molar-refractivity contribution in [2.24, 2.45) is 0 Å². The highest BCUT2D eigenvalue weighted by Crippen LogP contribution is 2.11. The van der Waals surface area contributed by atoms with Gasteiger partial charge < -0.3 is 51.5 Å². The monoisotopic (exact) mass is 680 g/mol. The summed E-state index contributed by atoms with van der Waals surface area (Å²) in [5, 5.41) is 11.0. The van der Waals surface area contributed by atoms with Gasteiger partial charge in [0.2, 0.25) is 27.1 Å². The van der Waals surface area contributed by atoms with E-state index < -0.39 is 113 Å². The Bertz CT molecular complexity index is 2180. The summed E-state index contributed by atoms with van der Waals surface area (Å²) in [4.78, 5) is 144. The van der Waals surface area contributed by atoms with Crippen molar-refractivity contribution in [1.82, 2.24) is 24.9 Å². The Labute approximate surface area is 274 Å². The number of hydrogen-bond donors (Lipinski definition) is 10. The Hall–Kier alpha value is -7.90. The van der Waals surface area contributed by atoms with Crippen LogP contribution < -0.4 is 53.7 Å². The van der Waals surface area contributed by atoms with Gasteiger partial charge in [0, 0.05) is 62.0 Å². The van der Waals surface area contributed by atoms with E-state index in [0.29, 0.717) is 0 Å². The van der Waals surface area contributed by atoms with Crippen LogP contribution in [0.15, 0.2) is 85.9 Å². The lowest BCUT2D eigenvalue weighted by Crippen LogP contribution is -2.31. The van der Waals surface area contributed by atoms with Gasteiger partial charge in [-0.05, 0) is 0 Å². The van der Waals surface area contributed by atoms with E-state index in [1.807, 2.05) is 0 Å². The van der Waals surface area contributed by atoms with Crippen molar-refractivity contribution in [2.75, 3.05) is 26.6 Å². The third-order valence-corrected chi connectivity index (χ3v) is 7.19. The molecule has 0 aliphatic carbocycles. The molecule has 10 bridgehead atoms. The maximum Gasteiger partial charge on any atom is 0.261 e. The number of nitrogens with one attached hydrogen (secondary N) is 10. The molecule has 0 radical (unpaired) electrons. The van der Waals surface area contributed by atoms with Crippen LogP contribution in [0.4, 0.5) is 28.4 Å². The Kier molecular flexibility index (Phi) is 8.15. The highest BCUT2D eigenvalue weighted by Gasteiger charge is 2.24. The van der Waals surface area contributed by atoms with Gasteiger partial charge >= 0.3 is 0 Å². The average molecular weight is 681 g/mol. The molecule has 250 valence electrons. The minimum atomic E-state index is -1.13. The predicted octanol–water partition coefficient (Wildman–Crippen LogP) is -0.297. The first kappa shape index (κ1) is 32.1. The van der Waals surface area contributed by atoms with Crippen LogP contribution in [0.25, 0.3) is 0 Å². The molecule has 50 heavy (non-hydrogen) atoms. The average Bonchev–Trinajstić information content (AvgIpc) is 3.08. The summed E-state index contributed by atoms with van der Waals surface area (Å²) in [5.74, 6) is -5.66. The maximum absolute atomic E-state index is 13.1. The molecular formula is C30H20N10O10. The smallest absolute Gasteiger partial charge is 0.261 e. The molecule has 20 heteroatoms. The number of amides is 5. The van der Waals surface area contributed by atoms with Gasteiger partial charge in [-0.15, -0.1) is 0 Å². The lowest BCUT2D eigenvalue weighted by molar-refractivity contribution is 0.101. The number of carbonyl (C=O) groups is 5. The van der Waals surface area contributed by atoms with Crippen molar-refractivity contribution in [3.05, 3.63) is 141 Å². The molecule has 0 atom stereocenters. The SMILES string of the molecule is O=C1Nc2c[nH]cc(c2=O)C(=O)Nc2c[nH]cc(c2=O)C(=O)Nc2c[nH]cc(c2=O)C(=O)Nc2c[nH]cc(c2=O)C(=O)Nc2c[nH]cc1c2=O. The molecule has 1 aliphatic rings. The maximum atomic E-state index is 13.1. The predicted molar refractivity (Wildman–Crippen MR) is 175 cm³/mol. The van der Waals surface area contributed by atoms with Gasteiger partial charge in [0.1, 0.15) is 56.3 Å². The molecule has 6 heterocycles. The molecule has 0 saturated carbocycles. The van der Waals surface area contributed by atoms with E-state index in [4.69, 9.17) is 0 Å². The van der Waals surface area contributed by atoms with Gasteiger partial charge in [-0.2, -0.15) is 0 Å². The quantitative estimate of drug-likeness (QED) is 0.102. The first-order valence-electron chi connectivity index (χ1n) is 14.1. The zero-order chi connectivity index (χ0) is 35.7. The van der Waals surface area contributed by atoms with Crippen LogP contribution >= 0.6 is 0 Å². The second-order valence-electron chi connectivity index (χ2n) is 10.3. The Morgan fingerprint density at radius 3 is 0.560 bits per heavy atom. The summed E-state index contributed by atoms with van der Waals surface area (Å²) >= 11 is 0. The van der Waals surface area contributed by atoms with E-state index in [1.54, 1.807) is 0 Å². The fourth-order valence-electron chi connectivity index (χ4n) is 4.68. The van der Waals surface area contributed by atoms with Crippen LogP contribution in [-0.4, -0.2) is 54.5 Å². The van der Waals surface area contributed by atoms with Crippen LogP contribution in [0.5, 0.6) is 0 Å². The van der Waals surface area contributed by atoms with Crippen LogP contribution in [0, 0.1) is 0 Å². The van der Waals surface area contributed by atoms with Crippen molar-refractivity contribution in [3.8, 4) is 0 Å². The fourth-order valence-corrected chi connectivity index (χ4v) is 4.68. The molecule has 5 amide bonds. The van der Waals surface area contributed by atoms with Crippen LogP contribution in [0.2, 0.25) is 0 Å².